The average Bonchev–Trinajstić information content (AvgIpc) is 3.18. The van der Waals surface area contributed by atoms with Crippen molar-refractivity contribution in [3.05, 3.63) is 15.7 Å². The molecule has 0 spiro atoms. The number of carbonyl (C=O) groups excluding carboxylic acids is 1. The summed E-state index contributed by atoms with van der Waals surface area (Å²) in [6, 6.07) is 0. The molecule has 0 saturated carbocycles. The number of nitrogens with one attached hydrogen (secondary N) is 1. The number of quaternary nitrogens is 1. The van der Waals surface area contributed by atoms with E-state index in [1.165, 1.54) is 17.5 Å². The van der Waals surface area contributed by atoms with E-state index < -0.39 is 0 Å². The lowest BCUT2D eigenvalue weighted by atomic mass is 9.92. The lowest BCUT2D eigenvalue weighted by Crippen LogP contribution is -2.43. The molecule has 0 aromatic carbocycles. The van der Waals surface area contributed by atoms with Gasteiger partial charge in [-0.2, -0.15) is 4.98 Å². The number of alkyl halides is 2. The van der Waals surface area contributed by atoms with Gasteiger partial charge in [0, 0.05) is 10.7 Å². The molecule has 2 aliphatic rings. The molecule has 2 saturated heterocycles. The molecule has 3 rings (SSSR count). The Bertz CT molecular complexity index is 572. The van der Waals surface area contributed by atoms with Crippen molar-refractivity contribution < 1.29 is 9.53 Å². The summed E-state index contributed by atoms with van der Waals surface area (Å²) in [6.45, 7) is 3.64. The molecule has 1 aromatic heterocycles. The fourth-order valence-corrected chi connectivity index (χ4v) is 4.63. The zero-order valence-electron chi connectivity index (χ0n) is 13.9. The summed E-state index contributed by atoms with van der Waals surface area (Å²) in [5.74, 6) is 0.745. The van der Waals surface area contributed by atoms with Gasteiger partial charge in [0.1, 0.15) is 17.1 Å². The largest absolute Gasteiger partial charge is 0.625 e. The Morgan fingerprint density at radius 1 is 1.60 bits per heavy atom. The molecule has 4 unspecified atom stereocenters. The number of rotatable bonds is 6. The highest BCUT2D eigenvalue weighted by atomic mass is 79.9. The Kier molecular flexibility index (Phi) is 8.39. The van der Waals surface area contributed by atoms with Gasteiger partial charge in [0.25, 0.3) is 5.13 Å². The maximum Gasteiger partial charge on any atom is 0.312 e. The van der Waals surface area contributed by atoms with Crippen LogP contribution < -0.4 is 9.96 Å². The minimum absolute atomic E-state index is 0.0435. The molecule has 0 bridgehead atoms. The number of thiazole rings is 1. The normalized spacial score (nSPS) is 29.4. The van der Waals surface area contributed by atoms with E-state index in [1.54, 1.807) is 0 Å². The lowest BCUT2D eigenvalue weighted by molar-refractivity contribution is -0.182. The fraction of sp³-hybridized carbons (Fsp3) is 0.733. The first-order chi connectivity index (χ1) is 11.9. The van der Waals surface area contributed by atoms with Crippen LogP contribution in [0.3, 0.4) is 0 Å². The molecule has 0 amide bonds. The first-order valence-electron chi connectivity index (χ1n) is 8.17. The second-order valence-corrected chi connectivity index (χ2v) is 9.43. The van der Waals surface area contributed by atoms with Gasteiger partial charge in [0.05, 0.1) is 25.2 Å². The number of hydroxylamine groups is 2. The van der Waals surface area contributed by atoms with Crippen molar-refractivity contribution in [2.24, 2.45) is 5.92 Å². The molecule has 6 nitrogen and oxygen atoms in total. The number of halogens is 3. The minimum Gasteiger partial charge on any atom is -0.625 e. The van der Waals surface area contributed by atoms with Gasteiger partial charge < -0.3 is 9.94 Å². The van der Waals surface area contributed by atoms with E-state index in [0.29, 0.717) is 33.4 Å². The minimum atomic E-state index is -0.378. The summed E-state index contributed by atoms with van der Waals surface area (Å²) < 4.78 is 5.06. The third kappa shape index (κ3) is 6.02. The van der Waals surface area contributed by atoms with Crippen LogP contribution in [0.1, 0.15) is 26.2 Å². The van der Waals surface area contributed by atoms with E-state index in [1.807, 2.05) is 6.92 Å². The summed E-state index contributed by atoms with van der Waals surface area (Å²) in [5, 5.41) is 15.4. The van der Waals surface area contributed by atoms with E-state index in [4.69, 9.17) is 27.9 Å². The molecule has 1 aromatic rings. The Morgan fingerprint density at radius 3 is 2.84 bits per heavy atom. The maximum atomic E-state index is 11.9. The predicted octanol–water partition coefficient (Wildman–Crippen LogP) is 3.88. The summed E-state index contributed by atoms with van der Waals surface area (Å²) in [5.41, 5.74) is 0. The van der Waals surface area contributed by atoms with Gasteiger partial charge >= 0.3 is 5.97 Å². The molecule has 142 valence electrons. The van der Waals surface area contributed by atoms with Crippen LogP contribution in [0.25, 0.3) is 0 Å². The van der Waals surface area contributed by atoms with Gasteiger partial charge in [-0.25, -0.2) is 0 Å². The molecule has 0 aliphatic carbocycles. The van der Waals surface area contributed by atoms with Gasteiger partial charge in [0.15, 0.2) is 0 Å². The molecule has 2 aliphatic heterocycles. The topological polar surface area (TPSA) is 74.3 Å². The van der Waals surface area contributed by atoms with Crippen molar-refractivity contribution in [2.75, 3.05) is 25.6 Å². The Hall–Kier alpha value is 0.0400. The summed E-state index contributed by atoms with van der Waals surface area (Å²) >= 11 is 16.1. The molecule has 10 heteroatoms. The zero-order chi connectivity index (χ0) is 18.4. The van der Waals surface area contributed by atoms with Crippen molar-refractivity contribution in [1.82, 2.24) is 14.9 Å². The van der Waals surface area contributed by atoms with Crippen LogP contribution in [0.4, 0.5) is 5.13 Å². The highest BCUT2D eigenvalue weighted by Crippen LogP contribution is 2.31. The second kappa shape index (κ2) is 9.82. The molecular weight excluding hydrogens is 453 g/mol. The van der Waals surface area contributed by atoms with E-state index in [9.17, 15) is 10.0 Å². The van der Waals surface area contributed by atoms with Crippen molar-refractivity contribution in [3.8, 4) is 0 Å². The SMILES string of the molecule is CC1OC(=O)C1CCC(Br)CCCl.[O-][N+]1(c2ncc(Cl)s2)CCNC1. The standard InChI is InChI=1S/C9H14BrClO2.C6H8ClN3OS/c1-6-8(9(12)13-6)3-2-7(10)4-5-11;7-5-3-9-6(12-5)10(11)2-1-8-4-10/h6-8H,2-5H2,1H3;3,8H,1-2,4H2. The molecule has 3 heterocycles. The highest BCUT2D eigenvalue weighted by molar-refractivity contribution is 9.09. The average molecular weight is 475 g/mol. The van der Waals surface area contributed by atoms with Crippen LogP contribution in [-0.2, 0) is 9.53 Å². The Labute approximate surface area is 170 Å². The number of aromatic nitrogens is 1. The van der Waals surface area contributed by atoms with Crippen molar-refractivity contribution >= 4 is 61.6 Å². The number of esters is 1. The van der Waals surface area contributed by atoms with Crippen molar-refractivity contribution in [3.63, 3.8) is 0 Å². The van der Waals surface area contributed by atoms with E-state index >= 15 is 0 Å². The summed E-state index contributed by atoms with van der Waals surface area (Å²) in [7, 11) is 0. The van der Waals surface area contributed by atoms with Gasteiger partial charge in [0.2, 0.25) is 0 Å². The number of nitrogens with zero attached hydrogens (tertiary/aromatic N) is 2. The van der Waals surface area contributed by atoms with Gasteiger partial charge in [-0.15, -0.1) is 11.6 Å². The number of carbonyl (C=O) groups is 1. The molecule has 1 N–H and O–H groups in total. The van der Waals surface area contributed by atoms with Crippen LogP contribution in [0.5, 0.6) is 0 Å². The van der Waals surface area contributed by atoms with Gasteiger partial charge in [-0.1, -0.05) is 27.5 Å². The fourth-order valence-electron chi connectivity index (χ4n) is 2.64. The first-order valence-corrected chi connectivity index (χ1v) is 10.8. The van der Waals surface area contributed by atoms with Crippen molar-refractivity contribution in [2.45, 2.75) is 37.1 Å². The lowest BCUT2D eigenvalue weighted by Gasteiger charge is -2.33. The molecule has 4 atom stereocenters. The van der Waals surface area contributed by atoms with E-state index in [2.05, 4.69) is 26.2 Å². The summed E-state index contributed by atoms with van der Waals surface area (Å²) in [4.78, 5) is 15.4. The van der Waals surface area contributed by atoms with Crippen molar-refractivity contribution in [1.29, 1.82) is 0 Å². The Morgan fingerprint density at radius 2 is 2.36 bits per heavy atom. The number of ether oxygens (including phenoxy) is 1. The maximum absolute atomic E-state index is 11.9. The predicted molar refractivity (Wildman–Crippen MR) is 106 cm³/mol. The van der Waals surface area contributed by atoms with Crippen LogP contribution in [0.2, 0.25) is 4.34 Å². The second-order valence-electron chi connectivity index (χ2n) is 6.12. The third-order valence-electron chi connectivity index (χ3n) is 4.22. The number of cyclic esters (lactones) is 1. The van der Waals surface area contributed by atoms with E-state index in [0.717, 1.165) is 25.8 Å². The monoisotopic (exact) mass is 473 g/mol. The van der Waals surface area contributed by atoms with Crippen LogP contribution in [0, 0.1) is 11.1 Å². The van der Waals surface area contributed by atoms with E-state index in [-0.39, 0.29) is 22.6 Å². The van der Waals surface area contributed by atoms with Crippen LogP contribution >= 0.6 is 50.5 Å². The third-order valence-corrected chi connectivity index (χ3v) is 6.60. The Balaban J connectivity index is 0.000000181. The molecular formula is C15H22BrCl2N3O3S. The van der Waals surface area contributed by atoms with Gasteiger partial charge in [-0.3, -0.25) is 14.8 Å². The number of hydrogen-bond acceptors (Lipinski definition) is 6. The quantitative estimate of drug-likeness (QED) is 0.293. The van der Waals surface area contributed by atoms with Gasteiger partial charge in [-0.05, 0) is 37.5 Å². The zero-order valence-corrected chi connectivity index (χ0v) is 17.8. The smallest absolute Gasteiger partial charge is 0.312 e. The summed E-state index contributed by atoms with van der Waals surface area (Å²) in [6.07, 6.45) is 4.50. The highest BCUT2D eigenvalue weighted by Gasteiger charge is 2.38. The van der Waals surface area contributed by atoms with Crippen LogP contribution in [0.15, 0.2) is 6.20 Å². The molecule has 0 radical (unpaired) electrons. The molecule has 25 heavy (non-hydrogen) atoms. The van der Waals surface area contributed by atoms with Crippen LogP contribution in [-0.4, -0.2) is 47.5 Å². The number of hydrogen-bond donors (Lipinski definition) is 1. The first kappa shape index (κ1) is 21.3. The molecule has 2 fully saturated rings.